The Morgan fingerprint density at radius 3 is 2.62 bits per heavy atom. The number of rotatable bonds is 8. The molecule has 152 valence electrons. The van der Waals surface area contributed by atoms with Gasteiger partial charge in [-0.3, -0.25) is 15.5 Å². The number of carbonyl (C=O) groups is 1. The highest BCUT2D eigenvalue weighted by atomic mass is 32.2. The molecule has 0 aliphatic carbocycles. The van der Waals surface area contributed by atoms with Gasteiger partial charge in [0.2, 0.25) is 0 Å². The van der Waals surface area contributed by atoms with E-state index in [0.29, 0.717) is 39.9 Å². The van der Waals surface area contributed by atoms with Crippen LogP contribution in [-0.4, -0.2) is 49.5 Å². The number of aromatic nitrogens is 2. The van der Waals surface area contributed by atoms with E-state index in [1.54, 1.807) is 12.1 Å². The van der Waals surface area contributed by atoms with E-state index in [2.05, 4.69) is 15.3 Å². The van der Waals surface area contributed by atoms with E-state index in [1.807, 2.05) is 0 Å². The second-order valence-electron chi connectivity index (χ2n) is 6.10. The summed E-state index contributed by atoms with van der Waals surface area (Å²) in [5.74, 6) is -0.342. The van der Waals surface area contributed by atoms with Gasteiger partial charge in [0.05, 0.1) is 10.6 Å². The Labute approximate surface area is 171 Å². The van der Waals surface area contributed by atoms with Gasteiger partial charge in [0.1, 0.15) is 21.9 Å². The summed E-state index contributed by atoms with van der Waals surface area (Å²) in [5.41, 5.74) is 6.21. The first-order valence-electron chi connectivity index (χ1n) is 8.55. The average Bonchev–Trinajstić information content (AvgIpc) is 3.08. The van der Waals surface area contributed by atoms with Crippen molar-refractivity contribution >= 4 is 54.1 Å². The van der Waals surface area contributed by atoms with Gasteiger partial charge < -0.3 is 10.5 Å². The molecule has 2 heterocycles. The van der Waals surface area contributed by atoms with Crippen LogP contribution in [-0.2, 0) is 19.4 Å². The second-order valence-corrected chi connectivity index (χ2v) is 9.18. The maximum atomic E-state index is 12.4. The number of pyridine rings is 1. The second kappa shape index (κ2) is 8.64. The van der Waals surface area contributed by atoms with Gasteiger partial charge in [-0.1, -0.05) is 23.5 Å². The van der Waals surface area contributed by atoms with Gasteiger partial charge >= 0.3 is 0 Å². The molecule has 0 saturated heterocycles. The predicted molar refractivity (Wildman–Crippen MR) is 112 cm³/mol. The number of hydrogen-bond acceptors (Lipinski definition) is 9. The number of methoxy groups -OCH3 is 1. The molecule has 3 rings (SSSR count). The van der Waals surface area contributed by atoms with Gasteiger partial charge in [-0.25, -0.2) is 18.4 Å². The molecule has 11 heteroatoms. The number of anilines is 2. The number of carbonyl (C=O) groups excluding carboxylic acids is 1. The van der Waals surface area contributed by atoms with Crippen LogP contribution in [0, 0.1) is 5.41 Å². The van der Waals surface area contributed by atoms with Crippen molar-refractivity contribution < 1.29 is 17.9 Å². The number of nitrogen functional groups attached to an aromatic ring is 1. The van der Waals surface area contributed by atoms with Crippen LogP contribution in [0.1, 0.15) is 12.0 Å². The van der Waals surface area contributed by atoms with Crippen LogP contribution in [0.2, 0.25) is 0 Å². The summed E-state index contributed by atoms with van der Waals surface area (Å²) in [5, 5.41) is 10.9. The molecule has 9 nitrogen and oxygen atoms in total. The third kappa shape index (κ3) is 4.94. The summed E-state index contributed by atoms with van der Waals surface area (Å²) in [4.78, 5) is 21.4. The molecule has 4 N–H and O–H groups in total. The topological polar surface area (TPSA) is 148 Å². The molecule has 0 radical (unpaired) electrons. The average molecular weight is 434 g/mol. The van der Waals surface area contributed by atoms with Crippen molar-refractivity contribution in [2.75, 3.05) is 30.5 Å². The monoisotopic (exact) mass is 433 g/mol. The highest BCUT2D eigenvalue weighted by Crippen LogP contribution is 2.25. The molecular weight excluding hydrogens is 414 g/mol. The maximum absolute atomic E-state index is 12.4. The SMILES string of the molecule is COCCCS(=O)(=O)c1ccc(C(=N)C(=O)Nc2nc3ccc(N)nc3s2)cc1. The lowest BCUT2D eigenvalue weighted by atomic mass is 10.1. The first kappa shape index (κ1) is 20.8. The van der Waals surface area contributed by atoms with Crippen molar-refractivity contribution in [3.8, 4) is 0 Å². The summed E-state index contributed by atoms with van der Waals surface area (Å²) in [7, 11) is -1.93. The van der Waals surface area contributed by atoms with Gasteiger partial charge in [-0.05, 0) is 30.7 Å². The minimum absolute atomic E-state index is 0.0335. The Morgan fingerprint density at radius 1 is 1.21 bits per heavy atom. The summed E-state index contributed by atoms with van der Waals surface area (Å²) in [6.45, 7) is 0.357. The van der Waals surface area contributed by atoms with Crippen LogP contribution in [0.5, 0.6) is 0 Å². The van der Waals surface area contributed by atoms with E-state index in [1.165, 1.54) is 31.4 Å². The van der Waals surface area contributed by atoms with E-state index in [0.717, 1.165) is 11.3 Å². The van der Waals surface area contributed by atoms with E-state index in [9.17, 15) is 13.2 Å². The Hall–Kier alpha value is -2.89. The van der Waals surface area contributed by atoms with Crippen LogP contribution in [0.15, 0.2) is 41.3 Å². The molecule has 29 heavy (non-hydrogen) atoms. The molecule has 0 atom stereocenters. The van der Waals surface area contributed by atoms with E-state index >= 15 is 0 Å². The smallest absolute Gasteiger partial charge is 0.275 e. The number of sulfone groups is 1. The minimum Gasteiger partial charge on any atom is -0.385 e. The highest BCUT2D eigenvalue weighted by molar-refractivity contribution is 7.91. The van der Waals surface area contributed by atoms with Crippen LogP contribution < -0.4 is 11.1 Å². The number of benzene rings is 1. The molecule has 0 bridgehead atoms. The number of fused-ring (bicyclic) bond motifs is 1. The third-order valence-corrected chi connectivity index (χ3v) is 6.69. The van der Waals surface area contributed by atoms with Crippen molar-refractivity contribution in [2.24, 2.45) is 0 Å². The fourth-order valence-electron chi connectivity index (χ4n) is 2.52. The van der Waals surface area contributed by atoms with Crippen molar-refractivity contribution in [1.29, 1.82) is 5.41 Å². The van der Waals surface area contributed by atoms with Gasteiger partial charge in [0, 0.05) is 19.3 Å². The molecule has 0 aliphatic rings. The molecule has 0 spiro atoms. The number of amides is 1. The van der Waals surface area contributed by atoms with Gasteiger partial charge in [0.25, 0.3) is 5.91 Å². The van der Waals surface area contributed by atoms with Gasteiger partial charge in [-0.2, -0.15) is 0 Å². The minimum atomic E-state index is -3.44. The first-order chi connectivity index (χ1) is 13.8. The standard InChI is InChI=1S/C18H19N5O4S2/c1-27-9-2-10-29(25,26)12-5-3-11(4-6-12)15(20)16(24)23-18-21-13-7-8-14(19)22-17(13)28-18/h3-8,20H,2,9-10H2,1H3,(H2,19,22)(H,21,23,24). The largest absolute Gasteiger partial charge is 0.385 e. The van der Waals surface area contributed by atoms with E-state index in [4.69, 9.17) is 15.9 Å². The van der Waals surface area contributed by atoms with Gasteiger partial charge in [0.15, 0.2) is 15.0 Å². The zero-order valence-electron chi connectivity index (χ0n) is 15.5. The van der Waals surface area contributed by atoms with E-state index < -0.39 is 15.7 Å². The number of nitrogens with zero attached hydrogens (tertiary/aromatic N) is 2. The van der Waals surface area contributed by atoms with Crippen LogP contribution in [0.25, 0.3) is 10.3 Å². The number of ether oxygens (including phenoxy) is 1. The molecule has 3 aromatic rings. The first-order valence-corrected chi connectivity index (χ1v) is 11.0. The molecule has 0 saturated carbocycles. The van der Waals surface area contributed by atoms with Crippen LogP contribution >= 0.6 is 11.3 Å². The normalized spacial score (nSPS) is 11.5. The Balaban J connectivity index is 1.69. The van der Waals surface area contributed by atoms with Crippen molar-refractivity contribution in [3.63, 3.8) is 0 Å². The molecule has 0 fully saturated rings. The molecule has 0 aliphatic heterocycles. The van der Waals surface area contributed by atoms with Crippen molar-refractivity contribution in [1.82, 2.24) is 9.97 Å². The maximum Gasteiger partial charge on any atom is 0.275 e. The lowest BCUT2D eigenvalue weighted by Gasteiger charge is -2.07. The number of nitrogens with two attached hydrogens (primary N) is 1. The summed E-state index contributed by atoms with van der Waals surface area (Å²) >= 11 is 1.15. The summed E-state index contributed by atoms with van der Waals surface area (Å²) in [6, 6.07) is 8.96. The Kier molecular flexibility index (Phi) is 6.20. The lowest BCUT2D eigenvalue weighted by molar-refractivity contribution is -0.110. The number of thiazole rings is 1. The van der Waals surface area contributed by atoms with E-state index in [-0.39, 0.29) is 16.4 Å². The van der Waals surface area contributed by atoms with Crippen molar-refractivity contribution in [2.45, 2.75) is 11.3 Å². The summed E-state index contributed by atoms with van der Waals surface area (Å²) in [6.07, 6.45) is 0.390. The Morgan fingerprint density at radius 2 is 1.93 bits per heavy atom. The number of nitrogens with one attached hydrogen (secondary N) is 2. The van der Waals surface area contributed by atoms with Crippen LogP contribution in [0.3, 0.4) is 0 Å². The molecular formula is C18H19N5O4S2. The lowest BCUT2D eigenvalue weighted by Crippen LogP contribution is -2.22. The Bertz CT molecular complexity index is 1160. The van der Waals surface area contributed by atoms with Crippen molar-refractivity contribution in [3.05, 3.63) is 42.0 Å². The predicted octanol–water partition coefficient (Wildman–Crippen LogP) is 2.09. The fourth-order valence-corrected chi connectivity index (χ4v) is 4.64. The zero-order valence-corrected chi connectivity index (χ0v) is 17.1. The molecule has 0 unspecified atom stereocenters. The fraction of sp³-hybridized carbons (Fsp3) is 0.222. The summed E-state index contributed by atoms with van der Waals surface area (Å²) < 4.78 is 29.4. The van der Waals surface area contributed by atoms with Crippen LogP contribution in [0.4, 0.5) is 10.9 Å². The highest BCUT2D eigenvalue weighted by Gasteiger charge is 2.18. The molecule has 1 amide bonds. The third-order valence-electron chi connectivity index (χ3n) is 3.99. The van der Waals surface area contributed by atoms with Gasteiger partial charge in [-0.15, -0.1) is 0 Å². The molecule has 2 aromatic heterocycles. The molecule has 1 aromatic carbocycles. The quantitative estimate of drug-likeness (QED) is 0.364. The zero-order chi connectivity index (χ0) is 21.0. The number of hydrogen-bond donors (Lipinski definition) is 3.